The molecule has 1 fully saturated rings. The molecule has 0 aromatic heterocycles. The minimum Gasteiger partial charge on any atom is -0.462 e. The van der Waals surface area contributed by atoms with Crippen LogP contribution in [-0.2, 0) is 38.7 Å². The summed E-state index contributed by atoms with van der Waals surface area (Å²) in [6.07, 6.45) is 40.0. The van der Waals surface area contributed by atoms with Crippen LogP contribution in [-0.4, -0.2) is 96.0 Å². The molecule has 338 valence electrons. The van der Waals surface area contributed by atoms with Gasteiger partial charge in [0.1, 0.15) is 36.8 Å². The number of carbonyl (C=O) groups is 2. The van der Waals surface area contributed by atoms with Crippen LogP contribution in [0, 0.1) is 0 Å². The lowest BCUT2D eigenvalue weighted by atomic mass is 10.00. The van der Waals surface area contributed by atoms with E-state index in [2.05, 4.69) is 111 Å². The Bertz CT molecular complexity index is 1520. The van der Waals surface area contributed by atoms with E-state index in [1.54, 1.807) is 0 Å². The van der Waals surface area contributed by atoms with Gasteiger partial charge in [-0.15, -0.1) is 0 Å². The Morgan fingerprint density at radius 3 is 1.47 bits per heavy atom. The topological polar surface area (TPSA) is 186 Å². The molecule has 13 heteroatoms. The van der Waals surface area contributed by atoms with Crippen molar-refractivity contribution in [3.05, 3.63) is 109 Å². The second kappa shape index (κ2) is 36.0. The van der Waals surface area contributed by atoms with Crippen molar-refractivity contribution in [3.63, 3.8) is 0 Å². The van der Waals surface area contributed by atoms with Crippen molar-refractivity contribution in [1.82, 2.24) is 0 Å². The first-order chi connectivity index (χ1) is 29.0. The summed E-state index contributed by atoms with van der Waals surface area (Å²) in [5, 5.41) is 30.8. The van der Waals surface area contributed by atoms with Gasteiger partial charge in [-0.3, -0.25) is 14.1 Å². The molecule has 1 rings (SSSR count). The molecule has 1 aliphatic heterocycles. The Morgan fingerprint density at radius 1 is 0.567 bits per heavy atom. The predicted octanol–water partition coefficient (Wildman–Crippen LogP) is 8.44. The average Bonchev–Trinajstić information content (AvgIpc) is 3.21. The largest absolute Gasteiger partial charge is 0.462 e. The standard InChI is InChI=1S/C47H72O12S/c1-3-5-7-9-11-13-15-17-19-20-22-23-25-27-29-31-33-35-42(48)56-37-40(38-57-47-46(52)45(51)44(50)41(59-47)39-60(53,54)55)58-43(49)36-34-32-30-28-26-24-21-18-16-14-12-10-8-6-4-2/h5-8,11-14,17-19,21-23,26-29,40-41,44-47,50-52H,3-4,9-10,15-16,20,24-25,30-39H2,1-2H3,(H,53,54,55)/b7-5+,8-6+,13-11+,14-12+,19-17+,21-18+,23-22+,28-26+,29-27+/t40-,41-,44-,45?,46?,47+/m1/s1. The zero-order valence-electron chi connectivity index (χ0n) is 35.8. The van der Waals surface area contributed by atoms with Gasteiger partial charge >= 0.3 is 11.9 Å². The fourth-order valence-electron chi connectivity index (χ4n) is 5.58. The second-order valence-electron chi connectivity index (χ2n) is 14.2. The van der Waals surface area contributed by atoms with Gasteiger partial charge < -0.3 is 34.3 Å². The summed E-state index contributed by atoms with van der Waals surface area (Å²) in [7, 11) is -4.62. The smallest absolute Gasteiger partial charge is 0.306 e. The zero-order chi connectivity index (χ0) is 44.1. The lowest BCUT2D eigenvalue weighted by Crippen LogP contribution is -2.60. The van der Waals surface area contributed by atoms with E-state index in [0.29, 0.717) is 19.3 Å². The summed E-state index contributed by atoms with van der Waals surface area (Å²) >= 11 is 0. The van der Waals surface area contributed by atoms with Crippen LogP contribution in [0.4, 0.5) is 0 Å². The summed E-state index contributed by atoms with van der Waals surface area (Å²) in [6, 6.07) is 0. The van der Waals surface area contributed by atoms with Gasteiger partial charge in [0.15, 0.2) is 12.4 Å². The van der Waals surface area contributed by atoms with Gasteiger partial charge in [0.25, 0.3) is 10.1 Å². The number of carbonyl (C=O) groups excluding carboxylic acids is 2. The highest BCUT2D eigenvalue weighted by atomic mass is 32.2. The van der Waals surface area contributed by atoms with Crippen LogP contribution in [0.2, 0.25) is 0 Å². The number of esters is 2. The van der Waals surface area contributed by atoms with E-state index in [9.17, 15) is 37.9 Å². The number of aliphatic hydroxyl groups is 3. The third-order valence-corrected chi connectivity index (χ3v) is 9.60. The molecule has 0 saturated carbocycles. The summed E-state index contributed by atoms with van der Waals surface area (Å²) in [5.41, 5.74) is 0. The van der Waals surface area contributed by atoms with Crippen LogP contribution < -0.4 is 0 Å². The van der Waals surface area contributed by atoms with Crippen LogP contribution in [0.3, 0.4) is 0 Å². The minimum atomic E-state index is -4.62. The second-order valence-corrected chi connectivity index (χ2v) is 15.7. The first-order valence-corrected chi connectivity index (χ1v) is 23.1. The molecule has 0 bridgehead atoms. The molecule has 4 N–H and O–H groups in total. The molecule has 0 spiro atoms. The number of rotatable bonds is 33. The fraction of sp³-hybridized carbons (Fsp3) is 0.574. The first kappa shape index (κ1) is 54.3. The van der Waals surface area contributed by atoms with Gasteiger partial charge in [-0.1, -0.05) is 123 Å². The van der Waals surface area contributed by atoms with Crippen molar-refractivity contribution in [1.29, 1.82) is 0 Å². The van der Waals surface area contributed by atoms with E-state index < -0.39 is 71.2 Å². The van der Waals surface area contributed by atoms with Crippen LogP contribution in [0.1, 0.15) is 117 Å². The Kier molecular flexibility index (Phi) is 32.6. The molecule has 0 aromatic rings. The highest BCUT2D eigenvalue weighted by Gasteiger charge is 2.46. The Labute approximate surface area is 359 Å². The Balaban J connectivity index is 2.56. The minimum absolute atomic E-state index is 0.0924. The molecule has 2 unspecified atom stereocenters. The molecule has 0 aromatic carbocycles. The van der Waals surface area contributed by atoms with E-state index in [-0.39, 0.29) is 19.4 Å². The number of ether oxygens (including phenoxy) is 4. The third kappa shape index (κ3) is 30.4. The van der Waals surface area contributed by atoms with Gasteiger partial charge in [-0.2, -0.15) is 8.42 Å². The maximum absolute atomic E-state index is 12.8. The van der Waals surface area contributed by atoms with Crippen molar-refractivity contribution in [3.8, 4) is 0 Å². The van der Waals surface area contributed by atoms with Crippen molar-refractivity contribution >= 4 is 22.1 Å². The van der Waals surface area contributed by atoms with Crippen LogP contribution in [0.25, 0.3) is 0 Å². The average molecular weight is 861 g/mol. The van der Waals surface area contributed by atoms with Crippen molar-refractivity contribution in [2.24, 2.45) is 0 Å². The molecule has 1 heterocycles. The van der Waals surface area contributed by atoms with Gasteiger partial charge in [0, 0.05) is 12.8 Å². The number of unbranched alkanes of at least 4 members (excludes halogenated alkanes) is 3. The van der Waals surface area contributed by atoms with E-state index in [0.717, 1.165) is 70.6 Å². The van der Waals surface area contributed by atoms with Crippen LogP contribution >= 0.6 is 0 Å². The summed E-state index contributed by atoms with van der Waals surface area (Å²) in [6.45, 7) is 3.41. The molecule has 0 amide bonds. The molecule has 1 saturated heterocycles. The van der Waals surface area contributed by atoms with Gasteiger partial charge in [0.05, 0.1) is 6.61 Å². The molecule has 1 aliphatic rings. The Hall–Kier alpha value is -3.69. The van der Waals surface area contributed by atoms with E-state index in [1.807, 2.05) is 12.2 Å². The van der Waals surface area contributed by atoms with E-state index >= 15 is 0 Å². The highest BCUT2D eigenvalue weighted by molar-refractivity contribution is 7.85. The predicted molar refractivity (Wildman–Crippen MR) is 237 cm³/mol. The quantitative estimate of drug-likeness (QED) is 0.0214. The van der Waals surface area contributed by atoms with Gasteiger partial charge in [0.2, 0.25) is 0 Å². The van der Waals surface area contributed by atoms with Crippen LogP contribution in [0.5, 0.6) is 0 Å². The normalized spacial score (nSPS) is 21.2. The zero-order valence-corrected chi connectivity index (χ0v) is 36.6. The SMILES string of the molecule is CC/C=C/C/C=C/C/C=C/C/C=C/C/C=C/CCCC(=O)OC[C@H](CO[C@H]1O[C@H](CS(=O)(=O)O)[C@@H](O)C(O)C1O)OC(=O)CCCC/C=C/C/C=C/C/C=C/C/C=C/CC. The molecule has 0 radical (unpaired) electrons. The van der Waals surface area contributed by atoms with Crippen molar-refractivity contribution in [2.45, 2.75) is 153 Å². The molecule has 12 nitrogen and oxygen atoms in total. The van der Waals surface area contributed by atoms with Gasteiger partial charge in [-0.05, 0) is 89.9 Å². The van der Waals surface area contributed by atoms with E-state index in [4.69, 9.17) is 18.9 Å². The molecule has 0 aliphatic carbocycles. The first-order valence-electron chi connectivity index (χ1n) is 21.4. The van der Waals surface area contributed by atoms with Crippen molar-refractivity contribution in [2.75, 3.05) is 19.0 Å². The summed E-state index contributed by atoms with van der Waals surface area (Å²) < 4.78 is 53.9. The lowest BCUT2D eigenvalue weighted by molar-refractivity contribution is -0.297. The molecule has 60 heavy (non-hydrogen) atoms. The fourth-order valence-corrected chi connectivity index (χ4v) is 6.27. The third-order valence-electron chi connectivity index (χ3n) is 8.85. The summed E-state index contributed by atoms with van der Waals surface area (Å²) in [5.74, 6) is -2.14. The maximum atomic E-state index is 12.8. The summed E-state index contributed by atoms with van der Waals surface area (Å²) in [4.78, 5) is 25.3. The lowest BCUT2D eigenvalue weighted by Gasteiger charge is -2.40. The maximum Gasteiger partial charge on any atom is 0.306 e. The van der Waals surface area contributed by atoms with Crippen LogP contribution in [0.15, 0.2) is 109 Å². The molecular weight excluding hydrogens is 789 g/mol. The number of allylic oxidation sites excluding steroid dienone is 18. The van der Waals surface area contributed by atoms with Gasteiger partial charge in [-0.25, -0.2) is 0 Å². The van der Waals surface area contributed by atoms with E-state index in [1.165, 1.54) is 0 Å². The molecule has 6 atom stereocenters. The van der Waals surface area contributed by atoms with Crippen molar-refractivity contribution < 1.29 is 56.8 Å². The number of hydrogen-bond acceptors (Lipinski definition) is 11. The number of aliphatic hydroxyl groups excluding tert-OH is 3. The number of hydrogen-bond donors (Lipinski definition) is 4. The molecular formula is C47H72O12S. The monoisotopic (exact) mass is 860 g/mol. The Morgan fingerprint density at radius 2 is 1.00 bits per heavy atom. The highest BCUT2D eigenvalue weighted by Crippen LogP contribution is 2.23.